The van der Waals surface area contributed by atoms with E-state index in [2.05, 4.69) is 19.9 Å². The predicted molar refractivity (Wildman–Crippen MR) is 52.6 cm³/mol. The molecule has 2 N–H and O–H groups in total. The van der Waals surface area contributed by atoms with Gasteiger partial charge in [-0.3, -0.25) is 4.98 Å². The maximum atomic E-state index is 5.48. The maximum absolute atomic E-state index is 5.48. The second kappa shape index (κ2) is 4.01. The van der Waals surface area contributed by atoms with Crippen molar-refractivity contribution >= 4 is 17.6 Å². The Bertz CT molecular complexity index is 419. The number of hydrogen-bond donors (Lipinski definition) is 1. The van der Waals surface area contributed by atoms with Crippen molar-refractivity contribution < 1.29 is 0 Å². The van der Waals surface area contributed by atoms with Crippen LogP contribution in [-0.4, -0.2) is 19.9 Å². The Labute approximate surface area is 84.8 Å². The molecule has 2 aromatic heterocycles. The van der Waals surface area contributed by atoms with Crippen LogP contribution >= 0.6 is 11.8 Å². The summed E-state index contributed by atoms with van der Waals surface area (Å²) in [5.74, 6) is 0.394. The van der Waals surface area contributed by atoms with Crippen molar-refractivity contribution in [3.8, 4) is 0 Å². The third kappa shape index (κ3) is 2.17. The van der Waals surface area contributed by atoms with E-state index in [-0.39, 0.29) is 0 Å². The quantitative estimate of drug-likeness (QED) is 0.737. The molecule has 0 saturated carbocycles. The highest BCUT2D eigenvalue weighted by molar-refractivity contribution is 7.99. The average molecular weight is 205 g/mol. The van der Waals surface area contributed by atoms with E-state index < -0.39 is 0 Å². The minimum atomic E-state index is 0.394. The minimum absolute atomic E-state index is 0.394. The molecule has 0 amide bonds. The van der Waals surface area contributed by atoms with Gasteiger partial charge in [0.2, 0.25) is 0 Å². The number of hydrogen-bond acceptors (Lipinski definition) is 6. The molecule has 0 bridgehead atoms. The Kier molecular flexibility index (Phi) is 2.55. The van der Waals surface area contributed by atoms with Gasteiger partial charge in [-0.1, -0.05) is 0 Å². The molecular weight excluding hydrogens is 198 g/mol. The first kappa shape index (κ1) is 8.89. The first-order chi connectivity index (χ1) is 6.84. The second-order valence-corrected chi connectivity index (χ2v) is 3.40. The van der Waals surface area contributed by atoms with E-state index in [9.17, 15) is 0 Å². The third-order valence-corrected chi connectivity index (χ3v) is 2.17. The molecule has 0 aliphatic heterocycles. The Balaban J connectivity index is 2.19. The van der Waals surface area contributed by atoms with Crippen molar-refractivity contribution in [2.45, 2.75) is 10.2 Å². The van der Waals surface area contributed by atoms with Gasteiger partial charge in [-0.25, -0.2) is 15.0 Å². The van der Waals surface area contributed by atoms with Crippen molar-refractivity contribution in [2.24, 2.45) is 0 Å². The molecule has 0 fully saturated rings. The number of nitrogen functional groups attached to an aromatic ring is 1. The van der Waals surface area contributed by atoms with Crippen molar-refractivity contribution in [3.05, 3.63) is 30.9 Å². The molecule has 70 valence electrons. The SMILES string of the molecule is Nc1cncc(Sc2ncccn2)n1. The monoisotopic (exact) mass is 205 g/mol. The molecule has 0 aromatic carbocycles. The predicted octanol–water partition coefficient (Wildman–Crippen LogP) is 1.00. The average Bonchev–Trinajstić information content (AvgIpc) is 2.19. The van der Waals surface area contributed by atoms with E-state index in [1.54, 1.807) is 24.7 Å². The smallest absolute Gasteiger partial charge is 0.193 e. The van der Waals surface area contributed by atoms with Crippen LogP contribution in [-0.2, 0) is 0 Å². The van der Waals surface area contributed by atoms with Crippen LogP contribution in [0.1, 0.15) is 0 Å². The van der Waals surface area contributed by atoms with Crippen LogP contribution in [0.15, 0.2) is 41.0 Å². The molecule has 0 radical (unpaired) electrons. The molecule has 2 rings (SSSR count). The number of nitrogens with two attached hydrogens (primary N) is 1. The zero-order valence-electron chi connectivity index (χ0n) is 7.16. The fraction of sp³-hybridized carbons (Fsp3) is 0. The van der Waals surface area contributed by atoms with E-state index >= 15 is 0 Å². The molecule has 0 spiro atoms. The van der Waals surface area contributed by atoms with Gasteiger partial charge < -0.3 is 5.73 Å². The molecule has 0 saturated heterocycles. The molecule has 2 aromatic rings. The van der Waals surface area contributed by atoms with Gasteiger partial charge in [0.15, 0.2) is 5.16 Å². The van der Waals surface area contributed by atoms with Crippen LogP contribution in [0.2, 0.25) is 0 Å². The minimum Gasteiger partial charge on any atom is -0.382 e. The summed E-state index contributed by atoms with van der Waals surface area (Å²) >= 11 is 1.33. The Morgan fingerprint density at radius 2 is 1.93 bits per heavy atom. The summed E-state index contributed by atoms with van der Waals surface area (Å²) in [6.45, 7) is 0. The lowest BCUT2D eigenvalue weighted by Crippen LogP contribution is -1.93. The summed E-state index contributed by atoms with van der Waals surface area (Å²) in [5.41, 5.74) is 5.48. The lowest BCUT2D eigenvalue weighted by atomic mass is 10.7. The fourth-order valence-corrected chi connectivity index (χ4v) is 1.52. The lowest BCUT2D eigenvalue weighted by Gasteiger charge is -1.98. The number of anilines is 1. The topological polar surface area (TPSA) is 77.6 Å². The number of nitrogens with zero attached hydrogens (tertiary/aromatic N) is 4. The van der Waals surface area contributed by atoms with Gasteiger partial charge in [-0.15, -0.1) is 0 Å². The van der Waals surface area contributed by atoms with Gasteiger partial charge in [0.1, 0.15) is 10.8 Å². The van der Waals surface area contributed by atoms with Gasteiger partial charge in [0.25, 0.3) is 0 Å². The van der Waals surface area contributed by atoms with Gasteiger partial charge >= 0.3 is 0 Å². The molecule has 0 unspecified atom stereocenters. The van der Waals surface area contributed by atoms with Crippen molar-refractivity contribution in [3.63, 3.8) is 0 Å². The highest BCUT2D eigenvalue weighted by Crippen LogP contribution is 2.21. The van der Waals surface area contributed by atoms with E-state index in [0.29, 0.717) is 16.0 Å². The maximum Gasteiger partial charge on any atom is 0.193 e. The highest BCUT2D eigenvalue weighted by Gasteiger charge is 2.00. The molecule has 6 heteroatoms. The summed E-state index contributed by atoms with van der Waals surface area (Å²) in [5, 5.41) is 1.32. The van der Waals surface area contributed by atoms with Crippen LogP contribution in [0.5, 0.6) is 0 Å². The Hall–Kier alpha value is -1.69. The van der Waals surface area contributed by atoms with Crippen LogP contribution in [0, 0.1) is 0 Å². The second-order valence-electron chi connectivity index (χ2n) is 2.42. The molecule has 14 heavy (non-hydrogen) atoms. The summed E-state index contributed by atoms with van der Waals surface area (Å²) < 4.78 is 0. The molecule has 2 heterocycles. The van der Waals surface area contributed by atoms with Gasteiger partial charge in [-0.2, -0.15) is 0 Å². The standard InChI is InChI=1S/C8H7N5S/c9-6-4-10-5-7(13-6)14-8-11-2-1-3-12-8/h1-5H,(H2,9,13). The lowest BCUT2D eigenvalue weighted by molar-refractivity contribution is 0.956. The summed E-state index contributed by atoms with van der Waals surface area (Å²) in [6.07, 6.45) is 6.47. The molecule has 0 atom stereocenters. The van der Waals surface area contributed by atoms with Crippen LogP contribution in [0.25, 0.3) is 0 Å². The number of rotatable bonds is 2. The highest BCUT2D eigenvalue weighted by atomic mass is 32.2. The van der Waals surface area contributed by atoms with E-state index in [1.807, 2.05) is 0 Å². The van der Waals surface area contributed by atoms with Crippen LogP contribution in [0.3, 0.4) is 0 Å². The van der Waals surface area contributed by atoms with E-state index in [1.165, 1.54) is 18.0 Å². The zero-order chi connectivity index (χ0) is 9.80. The summed E-state index contributed by atoms with van der Waals surface area (Å²) in [6, 6.07) is 1.76. The van der Waals surface area contributed by atoms with Gasteiger partial charge in [0.05, 0.1) is 12.4 Å². The molecule has 0 aliphatic carbocycles. The van der Waals surface area contributed by atoms with E-state index in [4.69, 9.17) is 5.73 Å². The fourth-order valence-electron chi connectivity index (χ4n) is 0.843. The summed E-state index contributed by atoms with van der Waals surface area (Å²) in [7, 11) is 0. The van der Waals surface area contributed by atoms with Gasteiger partial charge in [-0.05, 0) is 17.8 Å². The Morgan fingerprint density at radius 3 is 2.64 bits per heavy atom. The first-order valence-corrected chi connectivity index (χ1v) is 4.68. The van der Waals surface area contributed by atoms with Crippen molar-refractivity contribution in [2.75, 3.05) is 5.73 Å². The van der Waals surface area contributed by atoms with Crippen molar-refractivity contribution in [1.29, 1.82) is 0 Å². The largest absolute Gasteiger partial charge is 0.382 e. The van der Waals surface area contributed by atoms with Gasteiger partial charge in [0, 0.05) is 12.4 Å². The Morgan fingerprint density at radius 1 is 1.14 bits per heavy atom. The van der Waals surface area contributed by atoms with Crippen LogP contribution in [0.4, 0.5) is 5.82 Å². The first-order valence-electron chi connectivity index (χ1n) is 3.87. The molecule has 0 aliphatic rings. The normalized spacial score (nSPS) is 10.0. The van der Waals surface area contributed by atoms with E-state index in [0.717, 1.165) is 0 Å². The summed E-state index contributed by atoms with van der Waals surface area (Å²) in [4.78, 5) is 16.1. The molecular formula is C8H7N5S. The zero-order valence-corrected chi connectivity index (χ0v) is 7.98. The molecule has 5 nitrogen and oxygen atoms in total. The van der Waals surface area contributed by atoms with Crippen molar-refractivity contribution in [1.82, 2.24) is 19.9 Å². The third-order valence-electron chi connectivity index (χ3n) is 1.37. The number of aromatic nitrogens is 4. The van der Waals surface area contributed by atoms with Crippen LogP contribution < -0.4 is 5.73 Å².